The Bertz CT molecular complexity index is 512. The molecule has 1 aliphatic carbocycles. The molecule has 1 aromatic carbocycles. The predicted molar refractivity (Wildman–Crippen MR) is 73.5 cm³/mol. The van der Waals surface area contributed by atoms with Crippen molar-refractivity contribution in [3.8, 4) is 5.75 Å². The van der Waals surface area contributed by atoms with Gasteiger partial charge >= 0.3 is 5.97 Å². The highest BCUT2D eigenvalue weighted by Gasteiger charge is 2.23. The van der Waals surface area contributed by atoms with Crippen LogP contribution in [0.5, 0.6) is 5.75 Å². The molecule has 1 saturated carbocycles. The van der Waals surface area contributed by atoms with Crippen molar-refractivity contribution in [2.45, 2.75) is 25.3 Å². The molecule has 1 fully saturated rings. The number of para-hydroxylation sites is 1. The smallest absolute Gasteiger partial charge is 0.340 e. The highest BCUT2D eigenvalue weighted by Crippen LogP contribution is 2.25. The lowest BCUT2D eigenvalue weighted by atomic mass is 10.1. The van der Waals surface area contributed by atoms with Crippen LogP contribution in [0.15, 0.2) is 18.2 Å². The number of nitrogens with two attached hydrogens (primary N) is 1. The van der Waals surface area contributed by atoms with Gasteiger partial charge in [-0.1, -0.05) is 6.07 Å². The quantitative estimate of drug-likeness (QED) is 0.600. The molecule has 2 rings (SSSR count). The van der Waals surface area contributed by atoms with Crippen LogP contribution in [0.4, 0.5) is 5.69 Å². The van der Waals surface area contributed by atoms with Crippen molar-refractivity contribution in [2.24, 2.45) is 0 Å². The molecule has 1 aliphatic rings. The molecule has 0 unspecified atom stereocenters. The first-order chi connectivity index (χ1) is 9.61. The fourth-order valence-electron chi connectivity index (χ4n) is 1.74. The Labute approximate surface area is 117 Å². The van der Waals surface area contributed by atoms with E-state index in [9.17, 15) is 9.59 Å². The third kappa shape index (κ3) is 3.63. The first kappa shape index (κ1) is 14.2. The van der Waals surface area contributed by atoms with Crippen LogP contribution in [0.25, 0.3) is 0 Å². The molecule has 0 saturated heterocycles. The van der Waals surface area contributed by atoms with Crippen LogP contribution in [0, 0.1) is 0 Å². The third-order valence-electron chi connectivity index (χ3n) is 3.01. The average Bonchev–Trinajstić information content (AvgIpc) is 3.22. The van der Waals surface area contributed by atoms with E-state index >= 15 is 0 Å². The Morgan fingerprint density at radius 1 is 1.40 bits per heavy atom. The van der Waals surface area contributed by atoms with Crippen molar-refractivity contribution in [1.29, 1.82) is 0 Å². The lowest BCUT2D eigenvalue weighted by Gasteiger charge is -2.10. The van der Waals surface area contributed by atoms with E-state index in [1.807, 2.05) is 0 Å². The molecule has 20 heavy (non-hydrogen) atoms. The molecule has 6 nitrogen and oxygen atoms in total. The number of anilines is 1. The summed E-state index contributed by atoms with van der Waals surface area (Å²) in [6.07, 6.45) is 2.23. The minimum Gasteiger partial charge on any atom is -0.495 e. The summed E-state index contributed by atoms with van der Waals surface area (Å²) in [5, 5.41) is 2.82. The van der Waals surface area contributed by atoms with Crippen LogP contribution in [0.2, 0.25) is 0 Å². The molecule has 3 N–H and O–H groups in total. The lowest BCUT2D eigenvalue weighted by Crippen LogP contribution is -2.26. The second-order valence-corrected chi connectivity index (χ2v) is 4.65. The minimum atomic E-state index is -0.555. The van der Waals surface area contributed by atoms with Gasteiger partial charge in [0.2, 0.25) is 5.91 Å². The molecule has 0 heterocycles. The number of nitrogen functional groups attached to an aromatic ring is 1. The zero-order valence-corrected chi connectivity index (χ0v) is 11.3. The van der Waals surface area contributed by atoms with Gasteiger partial charge < -0.3 is 20.5 Å². The number of methoxy groups -OCH3 is 1. The Hall–Kier alpha value is -2.24. The number of carbonyl (C=O) groups excluding carboxylic acids is 2. The maximum absolute atomic E-state index is 11.9. The molecular weight excluding hydrogens is 260 g/mol. The van der Waals surface area contributed by atoms with Crippen LogP contribution in [0.3, 0.4) is 0 Å². The maximum atomic E-state index is 11.9. The van der Waals surface area contributed by atoms with Crippen molar-refractivity contribution < 1.29 is 19.1 Å². The van der Waals surface area contributed by atoms with Gasteiger partial charge in [-0.2, -0.15) is 0 Å². The van der Waals surface area contributed by atoms with E-state index in [4.69, 9.17) is 15.2 Å². The van der Waals surface area contributed by atoms with Crippen LogP contribution < -0.4 is 15.8 Å². The second kappa shape index (κ2) is 6.27. The van der Waals surface area contributed by atoms with Gasteiger partial charge in [0, 0.05) is 6.04 Å². The van der Waals surface area contributed by atoms with Gasteiger partial charge in [-0.05, 0) is 25.0 Å². The molecule has 0 aliphatic heterocycles. The predicted octanol–water partition coefficient (Wildman–Crippen LogP) is 1.10. The topological polar surface area (TPSA) is 90.6 Å². The van der Waals surface area contributed by atoms with Gasteiger partial charge in [-0.25, -0.2) is 4.79 Å². The van der Waals surface area contributed by atoms with Gasteiger partial charge in [0.25, 0.3) is 0 Å². The van der Waals surface area contributed by atoms with Crippen LogP contribution >= 0.6 is 0 Å². The summed E-state index contributed by atoms with van der Waals surface area (Å²) in [5.74, 6) is -0.231. The minimum absolute atomic E-state index is 0.0358. The Kier molecular flexibility index (Phi) is 4.45. The molecule has 1 amide bonds. The lowest BCUT2D eigenvalue weighted by molar-refractivity contribution is -0.121. The highest BCUT2D eigenvalue weighted by atomic mass is 16.5. The van der Waals surface area contributed by atoms with Crippen molar-refractivity contribution in [2.75, 3.05) is 19.5 Å². The first-order valence-corrected chi connectivity index (χ1v) is 6.50. The zero-order chi connectivity index (χ0) is 14.5. The molecular formula is C14H18N2O4. The van der Waals surface area contributed by atoms with E-state index in [2.05, 4.69) is 5.32 Å². The fourth-order valence-corrected chi connectivity index (χ4v) is 1.74. The van der Waals surface area contributed by atoms with E-state index in [0.29, 0.717) is 11.8 Å². The maximum Gasteiger partial charge on any atom is 0.340 e. The number of hydrogen-bond donors (Lipinski definition) is 2. The average molecular weight is 278 g/mol. The number of esters is 1. The van der Waals surface area contributed by atoms with Crippen molar-refractivity contribution in [1.82, 2.24) is 5.32 Å². The van der Waals surface area contributed by atoms with Crippen molar-refractivity contribution in [3.05, 3.63) is 23.8 Å². The summed E-state index contributed by atoms with van der Waals surface area (Å²) >= 11 is 0. The molecule has 0 aromatic heterocycles. The van der Waals surface area contributed by atoms with Crippen LogP contribution in [-0.2, 0) is 9.53 Å². The Morgan fingerprint density at radius 3 is 2.80 bits per heavy atom. The summed E-state index contributed by atoms with van der Waals surface area (Å²) in [4.78, 5) is 23.3. The van der Waals surface area contributed by atoms with Crippen molar-refractivity contribution in [3.63, 3.8) is 0 Å². The number of ether oxygens (including phenoxy) is 2. The first-order valence-electron chi connectivity index (χ1n) is 6.50. The summed E-state index contributed by atoms with van der Waals surface area (Å²) in [6, 6.07) is 5.19. The molecule has 0 radical (unpaired) electrons. The standard InChI is InChI=1S/C14H18N2O4/c1-19-11-4-2-3-10(13(11)15)14(18)20-8-7-12(17)16-9-5-6-9/h2-4,9H,5-8,15H2,1H3,(H,16,17). The number of nitrogens with one attached hydrogen (secondary N) is 1. The number of hydrogen-bond acceptors (Lipinski definition) is 5. The van der Waals surface area contributed by atoms with Gasteiger partial charge in [0.1, 0.15) is 12.4 Å². The number of benzene rings is 1. The summed E-state index contributed by atoms with van der Waals surface area (Å²) in [5.41, 5.74) is 6.28. The fraction of sp³-hybridized carbons (Fsp3) is 0.429. The Morgan fingerprint density at radius 2 is 2.15 bits per heavy atom. The molecule has 108 valence electrons. The third-order valence-corrected chi connectivity index (χ3v) is 3.01. The van der Waals surface area contributed by atoms with Gasteiger partial charge in [-0.15, -0.1) is 0 Å². The molecule has 0 bridgehead atoms. The van der Waals surface area contributed by atoms with E-state index in [1.165, 1.54) is 7.11 Å². The van der Waals surface area contributed by atoms with Crippen LogP contribution in [0.1, 0.15) is 29.6 Å². The van der Waals surface area contributed by atoms with E-state index < -0.39 is 5.97 Å². The molecule has 1 aromatic rings. The Balaban J connectivity index is 1.83. The highest BCUT2D eigenvalue weighted by molar-refractivity contribution is 5.96. The SMILES string of the molecule is COc1cccc(C(=O)OCCC(=O)NC2CC2)c1N. The number of carbonyl (C=O) groups is 2. The van der Waals surface area contributed by atoms with Gasteiger partial charge in [0.15, 0.2) is 0 Å². The summed E-state index contributed by atoms with van der Waals surface area (Å²) < 4.78 is 10.1. The van der Waals surface area contributed by atoms with E-state index in [0.717, 1.165) is 12.8 Å². The monoisotopic (exact) mass is 278 g/mol. The number of rotatable bonds is 6. The van der Waals surface area contributed by atoms with Crippen LogP contribution in [-0.4, -0.2) is 31.6 Å². The van der Waals surface area contributed by atoms with E-state index in [-0.39, 0.29) is 30.2 Å². The molecule has 6 heteroatoms. The number of amides is 1. The molecule has 0 spiro atoms. The second-order valence-electron chi connectivity index (χ2n) is 4.65. The normalized spacial score (nSPS) is 13.7. The van der Waals surface area contributed by atoms with Crippen molar-refractivity contribution >= 4 is 17.6 Å². The molecule has 0 atom stereocenters. The summed E-state index contributed by atoms with van der Waals surface area (Å²) in [7, 11) is 1.48. The largest absolute Gasteiger partial charge is 0.495 e. The zero-order valence-electron chi connectivity index (χ0n) is 11.3. The summed E-state index contributed by atoms with van der Waals surface area (Å²) in [6.45, 7) is 0.0358. The van der Waals surface area contributed by atoms with Gasteiger partial charge in [0.05, 0.1) is 24.8 Å². The van der Waals surface area contributed by atoms with E-state index in [1.54, 1.807) is 18.2 Å². The van der Waals surface area contributed by atoms with Gasteiger partial charge in [-0.3, -0.25) is 4.79 Å².